The molecular formula is C35H50ClN3O10S. The molecule has 2 amide bonds. The van der Waals surface area contributed by atoms with Crippen molar-refractivity contribution >= 4 is 47.9 Å². The summed E-state index contributed by atoms with van der Waals surface area (Å²) in [4.78, 5) is 43.3. The average molecular weight is 740 g/mol. The number of aliphatic hydroxyl groups excluding tert-OH is 1. The lowest BCUT2D eigenvalue weighted by Gasteiger charge is -2.42. The van der Waals surface area contributed by atoms with E-state index in [0.29, 0.717) is 30.0 Å². The summed E-state index contributed by atoms with van der Waals surface area (Å²) >= 11 is 10.9. The SMILES string of the molecule is COc1cc2cc(c1Cl)N(C)C(=O)C[C@H](OC(=O)[C@H](C)N(C)C(O)CCS)[C@]1(C)O[C@H]1[C@H](C)[C@@H]1C[C@@](O)(NC(=O)O1)[C@H](OC)/C=C/C=C(\C)C2. The second kappa shape index (κ2) is 16.2. The Hall–Kier alpha value is -2.85. The molecule has 1 aromatic rings. The highest BCUT2D eigenvalue weighted by molar-refractivity contribution is 7.80. The molecule has 15 heteroatoms. The standard InChI is InChI=1S/C35H50ClN3O10S/c1-19-10-9-11-26(46-8)35(44)18-25(47-33(43)37-35)20(2)31-34(4,49-31)27(48-32(42)21(3)38(5)28(40)12-13-50)17-29(41)39(6)23-15-22(14-19)16-24(45-7)30(23)36/h9-11,15-16,20-21,25-28,31,40,44,50H,12-14,17-18H2,1-8H3,(H,37,43)/b11-9+,19-10+/t20-,21+,25+,26-,27+,28?,31+,34+,35+/m1/s1. The molecule has 2 saturated heterocycles. The van der Waals surface area contributed by atoms with Gasteiger partial charge in [0, 0.05) is 26.5 Å². The van der Waals surface area contributed by atoms with Gasteiger partial charge in [-0.3, -0.25) is 19.8 Å². The molecule has 9 atom stereocenters. The van der Waals surface area contributed by atoms with Gasteiger partial charge in [0.2, 0.25) is 5.91 Å². The van der Waals surface area contributed by atoms with Gasteiger partial charge in [0.15, 0.2) is 5.72 Å². The third kappa shape index (κ3) is 8.60. The van der Waals surface area contributed by atoms with Crippen LogP contribution in [-0.4, -0.2) is 115 Å². The molecule has 4 rings (SSSR count). The molecule has 278 valence electrons. The number of hydrogen-bond donors (Lipinski definition) is 4. The average Bonchev–Trinajstić information content (AvgIpc) is 3.76. The Kier molecular flexibility index (Phi) is 13.0. The molecule has 50 heavy (non-hydrogen) atoms. The summed E-state index contributed by atoms with van der Waals surface area (Å²) in [5.41, 5.74) is -0.846. The van der Waals surface area contributed by atoms with Gasteiger partial charge in [0.05, 0.1) is 25.3 Å². The Labute approximate surface area is 304 Å². The van der Waals surface area contributed by atoms with Crippen LogP contribution in [0.15, 0.2) is 35.9 Å². The van der Waals surface area contributed by atoms with Crippen molar-refractivity contribution in [3.63, 3.8) is 0 Å². The van der Waals surface area contributed by atoms with E-state index in [4.69, 9.17) is 35.3 Å². The second-order valence-electron chi connectivity index (χ2n) is 13.6. The van der Waals surface area contributed by atoms with Crippen molar-refractivity contribution in [3.05, 3.63) is 46.5 Å². The van der Waals surface area contributed by atoms with Crippen molar-refractivity contribution in [2.75, 3.05) is 39.0 Å². The smallest absolute Gasteiger partial charge is 0.409 e. The van der Waals surface area contributed by atoms with Crippen LogP contribution in [0.25, 0.3) is 0 Å². The van der Waals surface area contributed by atoms with E-state index in [1.807, 2.05) is 13.0 Å². The Morgan fingerprint density at radius 3 is 2.64 bits per heavy atom. The van der Waals surface area contributed by atoms with Gasteiger partial charge in [-0.15, -0.1) is 0 Å². The molecule has 0 spiro atoms. The third-order valence-corrected chi connectivity index (χ3v) is 10.7. The first-order valence-electron chi connectivity index (χ1n) is 16.6. The van der Waals surface area contributed by atoms with Crippen molar-refractivity contribution < 1.29 is 48.3 Å². The Bertz CT molecular complexity index is 1490. The quantitative estimate of drug-likeness (QED) is 0.134. The lowest BCUT2D eigenvalue weighted by Crippen LogP contribution is -2.63. The number of carbonyl (C=O) groups excluding carboxylic acids is 3. The summed E-state index contributed by atoms with van der Waals surface area (Å²) in [6.45, 7) is 7.06. The predicted molar refractivity (Wildman–Crippen MR) is 190 cm³/mol. The maximum atomic E-state index is 14.1. The molecule has 3 aliphatic heterocycles. The second-order valence-corrected chi connectivity index (χ2v) is 14.4. The minimum absolute atomic E-state index is 0.0392. The van der Waals surface area contributed by atoms with Crippen molar-refractivity contribution in [2.24, 2.45) is 5.92 Å². The first-order chi connectivity index (χ1) is 23.5. The number of epoxide rings is 1. The number of halogens is 1. The number of nitrogens with zero attached hydrogens (tertiary/aromatic N) is 2. The number of likely N-dealkylation sites (N-methyl/N-ethyl adjacent to an activating group) is 1. The summed E-state index contributed by atoms with van der Waals surface area (Å²) in [5.74, 6) is -0.811. The summed E-state index contributed by atoms with van der Waals surface area (Å²) in [6, 6.07) is 2.72. The molecule has 0 radical (unpaired) electrons. The molecule has 1 aromatic carbocycles. The van der Waals surface area contributed by atoms with Gasteiger partial charge >= 0.3 is 12.1 Å². The van der Waals surface area contributed by atoms with Crippen molar-refractivity contribution in [3.8, 4) is 5.75 Å². The molecule has 0 saturated carbocycles. The number of anilines is 1. The summed E-state index contributed by atoms with van der Waals surface area (Å²) in [6.07, 6.45) is 0.464. The van der Waals surface area contributed by atoms with Gasteiger partial charge in [0.1, 0.15) is 47.0 Å². The van der Waals surface area contributed by atoms with Gasteiger partial charge < -0.3 is 38.8 Å². The molecule has 1 unspecified atom stereocenters. The molecule has 0 aromatic heterocycles. The van der Waals surface area contributed by atoms with Gasteiger partial charge in [-0.1, -0.05) is 42.3 Å². The minimum Gasteiger partial charge on any atom is -0.495 e. The number of hydrogen-bond acceptors (Lipinski definition) is 12. The Morgan fingerprint density at radius 1 is 1.30 bits per heavy atom. The molecule has 4 bridgehead atoms. The lowest BCUT2D eigenvalue weighted by atomic mass is 9.83. The van der Waals surface area contributed by atoms with E-state index in [0.717, 1.165) is 11.1 Å². The number of fused-ring (bicyclic) bond motifs is 5. The van der Waals surface area contributed by atoms with Crippen LogP contribution in [0.4, 0.5) is 10.5 Å². The van der Waals surface area contributed by atoms with E-state index >= 15 is 0 Å². The fraction of sp³-hybridized carbons (Fsp3) is 0.629. The van der Waals surface area contributed by atoms with Crippen LogP contribution in [0, 0.1) is 5.92 Å². The number of amides is 2. The first-order valence-corrected chi connectivity index (χ1v) is 17.6. The number of alkyl carbamates (subject to hydrolysis) is 1. The van der Waals surface area contributed by atoms with Crippen LogP contribution in [-0.2, 0) is 35.0 Å². The number of thiol groups is 1. The highest BCUT2D eigenvalue weighted by Gasteiger charge is 2.64. The number of ether oxygens (including phenoxy) is 5. The topological polar surface area (TPSA) is 160 Å². The zero-order valence-corrected chi connectivity index (χ0v) is 31.5. The van der Waals surface area contributed by atoms with Crippen molar-refractivity contribution in [1.29, 1.82) is 0 Å². The van der Waals surface area contributed by atoms with Crippen molar-refractivity contribution in [1.82, 2.24) is 10.2 Å². The summed E-state index contributed by atoms with van der Waals surface area (Å²) < 4.78 is 29.1. The maximum Gasteiger partial charge on any atom is 0.409 e. The first kappa shape index (κ1) is 39.9. The monoisotopic (exact) mass is 739 g/mol. The summed E-state index contributed by atoms with van der Waals surface area (Å²) in [5, 5.41) is 25.0. The van der Waals surface area contributed by atoms with E-state index in [2.05, 4.69) is 17.9 Å². The number of allylic oxidation sites excluding steroid dienone is 3. The van der Waals surface area contributed by atoms with Gasteiger partial charge in [-0.2, -0.15) is 12.6 Å². The fourth-order valence-electron chi connectivity index (χ4n) is 6.59. The zero-order chi connectivity index (χ0) is 37.1. The fourth-order valence-corrected chi connectivity index (χ4v) is 7.13. The van der Waals surface area contributed by atoms with Crippen LogP contribution in [0.5, 0.6) is 5.75 Å². The van der Waals surface area contributed by atoms with E-state index in [-0.39, 0.29) is 17.9 Å². The number of benzene rings is 1. The van der Waals surface area contributed by atoms with E-state index in [9.17, 15) is 24.6 Å². The normalized spacial score (nSPS) is 33.3. The van der Waals surface area contributed by atoms with Crippen molar-refractivity contribution in [2.45, 2.75) is 101 Å². The number of carbonyl (C=O) groups is 3. The number of nitrogens with one attached hydrogen (secondary N) is 1. The highest BCUT2D eigenvalue weighted by atomic mass is 35.5. The molecule has 3 N–H and O–H groups in total. The van der Waals surface area contributed by atoms with Crippen LogP contribution in [0.1, 0.15) is 52.5 Å². The van der Waals surface area contributed by atoms with E-state index < -0.39 is 71.9 Å². The van der Waals surface area contributed by atoms with Crippen LogP contribution >= 0.6 is 24.2 Å². The molecule has 13 nitrogen and oxygen atoms in total. The van der Waals surface area contributed by atoms with Gasteiger partial charge in [0.25, 0.3) is 0 Å². The van der Waals surface area contributed by atoms with Gasteiger partial charge in [-0.25, -0.2) is 4.79 Å². The van der Waals surface area contributed by atoms with Crippen LogP contribution < -0.4 is 15.0 Å². The van der Waals surface area contributed by atoms with E-state index in [1.54, 1.807) is 59.2 Å². The summed E-state index contributed by atoms with van der Waals surface area (Å²) in [7, 11) is 6.11. The number of rotatable bonds is 8. The Morgan fingerprint density at radius 2 is 2.00 bits per heavy atom. The lowest BCUT2D eigenvalue weighted by molar-refractivity contribution is -0.162. The molecule has 3 heterocycles. The van der Waals surface area contributed by atoms with E-state index in [1.165, 1.54) is 24.0 Å². The number of aliphatic hydroxyl groups is 2. The molecule has 0 aliphatic carbocycles. The largest absolute Gasteiger partial charge is 0.495 e. The predicted octanol–water partition coefficient (Wildman–Crippen LogP) is 3.63. The molecule has 2 fully saturated rings. The Balaban J connectivity index is 1.77. The maximum absolute atomic E-state index is 14.1. The van der Waals surface area contributed by atoms with Gasteiger partial charge in [-0.05, 0) is 64.1 Å². The van der Waals surface area contributed by atoms with Crippen LogP contribution in [0.3, 0.4) is 0 Å². The van der Waals surface area contributed by atoms with Crippen LogP contribution in [0.2, 0.25) is 5.02 Å². The minimum atomic E-state index is -1.81. The third-order valence-electron chi connectivity index (χ3n) is 10.0. The zero-order valence-electron chi connectivity index (χ0n) is 29.8. The number of esters is 1. The number of methoxy groups -OCH3 is 2. The molecular weight excluding hydrogens is 690 g/mol. The highest BCUT2D eigenvalue weighted by Crippen LogP contribution is 2.49. The molecule has 3 aliphatic rings.